The highest BCUT2D eigenvalue weighted by molar-refractivity contribution is 5.77. The summed E-state index contributed by atoms with van der Waals surface area (Å²) in [6.45, 7) is 4.62. The van der Waals surface area contributed by atoms with E-state index in [2.05, 4.69) is 11.4 Å². The first kappa shape index (κ1) is 16.6. The first-order chi connectivity index (χ1) is 11.1. The Morgan fingerprint density at radius 3 is 2.35 bits per heavy atom. The molecule has 1 amide bonds. The highest BCUT2D eigenvalue weighted by atomic mass is 16.5. The normalized spacial score (nSPS) is 9.96. The lowest BCUT2D eigenvalue weighted by atomic mass is 10.1. The summed E-state index contributed by atoms with van der Waals surface area (Å²) in [5, 5.41) is 11.1. The van der Waals surface area contributed by atoms with Crippen LogP contribution in [0.25, 0.3) is 0 Å². The van der Waals surface area contributed by atoms with E-state index in [0.717, 1.165) is 23.5 Å². The Hall–Kier alpha value is -2.80. The molecule has 4 heteroatoms. The minimum atomic E-state index is -0.234. The molecule has 23 heavy (non-hydrogen) atoms. The third kappa shape index (κ3) is 5.48. The topological polar surface area (TPSA) is 62.1 Å². The number of rotatable bonds is 6. The zero-order valence-electron chi connectivity index (χ0n) is 13.4. The van der Waals surface area contributed by atoms with Gasteiger partial charge in [-0.1, -0.05) is 18.2 Å². The molecule has 2 rings (SSSR count). The molecule has 0 aliphatic carbocycles. The largest absolute Gasteiger partial charge is 0.457 e. The Morgan fingerprint density at radius 1 is 1.09 bits per heavy atom. The minimum absolute atomic E-state index is 0.0946. The molecular formula is C19H20N2O2. The average Bonchev–Trinajstić information content (AvgIpc) is 2.48. The van der Waals surface area contributed by atoms with E-state index in [1.807, 2.05) is 56.3 Å². The molecule has 2 aromatic carbocycles. The van der Waals surface area contributed by atoms with Gasteiger partial charge in [-0.2, -0.15) is 5.26 Å². The maximum Gasteiger partial charge on any atom is 0.234 e. The minimum Gasteiger partial charge on any atom is -0.457 e. The number of carbonyl (C=O) groups is 1. The first-order valence-electron chi connectivity index (χ1n) is 7.55. The molecule has 0 aliphatic rings. The second-order valence-corrected chi connectivity index (χ2v) is 5.50. The Bertz CT molecular complexity index is 695. The number of aryl methyl sites for hydroxylation is 2. The maximum absolute atomic E-state index is 11.2. The van der Waals surface area contributed by atoms with E-state index < -0.39 is 0 Å². The predicted octanol–water partition coefficient (Wildman–Crippen LogP) is 3.67. The smallest absolute Gasteiger partial charge is 0.234 e. The van der Waals surface area contributed by atoms with Crippen molar-refractivity contribution in [3.8, 4) is 17.6 Å². The molecule has 1 N–H and O–H groups in total. The maximum atomic E-state index is 11.2. The van der Waals surface area contributed by atoms with Crippen molar-refractivity contribution in [3.63, 3.8) is 0 Å². The number of hydrogen-bond donors (Lipinski definition) is 1. The van der Waals surface area contributed by atoms with Gasteiger partial charge in [0.05, 0.1) is 6.07 Å². The van der Waals surface area contributed by atoms with Crippen LogP contribution in [0.3, 0.4) is 0 Å². The third-order valence-electron chi connectivity index (χ3n) is 3.33. The van der Waals surface area contributed by atoms with Gasteiger partial charge in [-0.3, -0.25) is 4.79 Å². The number of amides is 1. The summed E-state index contributed by atoms with van der Waals surface area (Å²) < 4.78 is 5.86. The lowest BCUT2D eigenvalue weighted by Gasteiger charge is -2.09. The van der Waals surface area contributed by atoms with Crippen LogP contribution >= 0.6 is 0 Å². The summed E-state index contributed by atoms with van der Waals surface area (Å²) in [6, 6.07) is 15.7. The number of nitrogens with one attached hydrogen (secondary N) is 1. The molecule has 118 valence electrons. The van der Waals surface area contributed by atoms with Crippen LogP contribution in [-0.4, -0.2) is 12.5 Å². The molecule has 0 saturated carbocycles. The lowest BCUT2D eigenvalue weighted by Crippen LogP contribution is -2.24. The Balaban J connectivity index is 1.89. The van der Waals surface area contributed by atoms with Crippen molar-refractivity contribution in [2.45, 2.75) is 26.7 Å². The number of carbonyl (C=O) groups excluding carboxylic acids is 1. The van der Waals surface area contributed by atoms with E-state index in [4.69, 9.17) is 10.00 Å². The van der Waals surface area contributed by atoms with E-state index in [1.165, 1.54) is 11.1 Å². The van der Waals surface area contributed by atoms with Crippen molar-refractivity contribution in [2.75, 3.05) is 6.54 Å². The molecule has 0 aliphatic heterocycles. The zero-order chi connectivity index (χ0) is 16.7. The number of nitrogens with zero attached hydrogens (tertiary/aromatic N) is 1. The van der Waals surface area contributed by atoms with Gasteiger partial charge in [0.2, 0.25) is 5.91 Å². The standard InChI is InChI=1S/C19H20N2O2/c1-14-11-15(2)13-18(12-14)23-17-5-3-16(4-6-17)8-10-21-19(22)7-9-20/h3-6,11-13H,7-8,10H2,1-2H3,(H,21,22). The summed E-state index contributed by atoms with van der Waals surface area (Å²) >= 11 is 0. The van der Waals surface area contributed by atoms with Gasteiger partial charge in [0.15, 0.2) is 0 Å². The van der Waals surface area contributed by atoms with Gasteiger partial charge in [-0.25, -0.2) is 0 Å². The van der Waals surface area contributed by atoms with Crippen LogP contribution < -0.4 is 10.1 Å². The van der Waals surface area contributed by atoms with Crippen LogP contribution in [0, 0.1) is 25.2 Å². The van der Waals surface area contributed by atoms with Crippen molar-refractivity contribution in [3.05, 3.63) is 59.2 Å². The molecule has 0 heterocycles. The van der Waals surface area contributed by atoms with Gasteiger partial charge in [-0.05, 0) is 61.2 Å². The highest BCUT2D eigenvalue weighted by Gasteiger charge is 2.02. The van der Waals surface area contributed by atoms with Crippen molar-refractivity contribution in [1.82, 2.24) is 5.32 Å². The summed E-state index contributed by atoms with van der Waals surface area (Å²) in [4.78, 5) is 11.2. The van der Waals surface area contributed by atoms with Gasteiger partial charge < -0.3 is 10.1 Å². The molecule has 4 nitrogen and oxygen atoms in total. The number of benzene rings is 2. The Labute approximate surface area is 136 Å². The fraction of sp³-hybridized carbons (Fsp3) is 0.263. The summed E-state index contributed by atoms with van der Waals surface area (Å²) in [7, 11) is 0. The molecule has 0 atom stereocenters. The zero-order valence-corrected chi connectivity index (χ0v) is 13.4. The van der Waals surface area contributed by atoms with Gasteiger partial charge in [0, 0.05) is 6.54 Å². The molecule has 0 radical (unpaired) electrons. The number of nitriles is 1. The molecule has 0 spiro atoms. The Kier molecular flexibility index (Phi) is 5.76. The summed E-state index contributed by atoms with van der Waals surface area (Å²) in [5.74, 6) is 1.38. The molecule has 0 aromatic heterocycles. The van der Waals surface area contributed by atoms with Crippen LogP contribution in [0.5, 0.6) is 11.5 Å². The van der Waals surface area contributed by atoms with E-state index in [1.54, 1.807) is 0 Å². The summed E-state index contributed by atoms with van der Waals surface area (Å²) in [5.41, 5.74) is 3.45. The van der Waals surface area contributed by atoms with Crippen molar-refractivity contribution < 1.29 is 9.53 Å². The molecule has 0 fully saturated rings. The number of ether oxygens (including phenoxy) is 1. The fourth-order valence-corrected chi connectivity index (χ4v) is 2.33. The molecule has 2 aromatic rings. The molecule has 0 saturated heterocycles. The molecular weight excluding hydrogens is 288 g/mol. The third-order valence-corrected chi connectivity index (χ3v) is 3.33. The van der Waals surface area contributed by atoms with Crippen LogP contribution in [-0.2, 0) is 11.2 Å². The van der Waals surface area contributed by atoms with E-state index >= 15 is 0 Å². The van der Waals surface area contributed by atoms with E-state index in [-0.39, 0.29) is 12.3 Å². The molecule has 0 unspecified atom stereocenters. The van der Waals surface area contributed by atoms with Crippen molar-refractivity contribution in [2.24, 2.45) is 0 Å². The average molecular weight is 308 g/mol. The van der Waals surface area contributed by atoms with Crippen molar-refractivity contribution >= 4 is 5.91 Å². The fourth-order valence-electron chi connectivity index (χ4n) is 2.33. The first-order valence-corrected chi connectivity index (χ1v) is 7.55. The Morgan fingerprint density at radius 2 is 1.74 bits per heavy atom. The van der Waals surface area contributed by atoms with Crippen LogP contribution in [0.2, 0.25) is 0 Å². The van der Waals surface area contributed by atoms with Crippen LogP contribution in [0.1, 0.15) is 23.1 Å². The quantitative estimate of drug-likeness (QED) is 0.885. The second-order valence-electron chi connectivity index (χ2n) is 5.50. The lowest BCUT2D eigenvalue weighted by molar-refractivity contribution is -0.120. The van der Waals surface area contributed by atoms with Gasteiger partial charge in [-0.15, -0.1) is 0 Å². The van der Waals surface area contributed by atoms with Gasteiger partial charge in [0.25, 0.3) is 0 Å². The summed E-state index contributed by atoms with van der Waals surface area (Å²) in [6.07, 6.45) is 0.629. The van der Waals surface area contributed by atoms with Crippen LogP contribution in [0.4, 0.5) is 0 Å². The highest BCUT2D eigenvalue weighted by Crippen LogP contribution is 2.24. The molecule has 0 bridgehead atoms. The SMILES string of the molecule is Cc1cc(C)cc(Oc2ccc(CCNC(=O)CC#N)cc2)c1. The van der Waals surface area contributed by atoms with E-state index in [9.17, 15) is 4.79 Å². The second kappa shape index (κ2) is 8.00. The van der Waals surface area contributed by atoms with Gasteiger partial charge in [0.1, 0.15) is 17.9 Å². The van der Waals surface area contributed by atoms with Gasteiger partial charge >= 0.3 is 0 Å². The van der Waals surface area contributed by atoms with Crippen LogP contribution in [0.15, 0.2) is 42.5 Å². The monoisotopic (exact) mass is 308 g/mol. The predicted molar refractivity (Wildman–Crippen MR) is 89.4 cm³/mol. The van der Waals surface area contributed by atoms with Crippen molar-refractivity contribution in [1.29, 1.82) is 5.26 Å². The van der Waals surface area contributed by atoms with E-state index in [0.29, 0.717) is 6.54 Å². The number of hydrogen-bond acceptors (Lipinski definition) is 3.